The Morgan fingerprint density at radius 2 is 1.93 bits per heavy atom. The van der Waals surface area contributed by atoms with Crippen molar-refractivity contribution >= 4 is 27.9 Å². The highest BCUT2D eigenvalue weighted by Crippen LogP contribution is 2.22. The third-order valence-corrected chi connectivity index (χ3v) is 2.59. The van der Waals surface area contributed by atoms with Crippen molar-refractivity contribution in [3.63, 3.8) is 0 Å². The van der Waals surface area contributed by atoms with Crippen molar-refractivity contribution < 1.29 is 22.9 Å². The summed E-state index contributed by atoms with van der Waals surface area (Å²) in [5, 5.41) is 8.34. The van der Waals surface area contributed by atoms with E-state index < -0.39 is 25.9 Å². The Kier molecular flexibility index (Phi) is 2.84. The molecule has 0 amide bonds. The number of hydrogen-bond acceptors (Lipinski definition) is 4. The number of hydrogen-bond donors (Lipinski definition) is 3. The van der Waals surface area contributed by atoms with Crippen LogP contribution in [0.2, 0.25) is 0 Å². The molecule has 0 heterocycles. The van der Waals surface area contributed by atoms with Gasteiger partial charge in [0.2, 0.25) is 5.12 Å². The van der Waals surface area contributed by atoms with Gasteiger partial charge < -0.3 is 5.11 Å². The highest BCUT2D eigenvalue weighted by molar-refractivity contribution is 7.97. The Bertz CT molecular complexity index is 477. The van der Waals surface area contributed by atoms with Crippen molar-refractivity contribution in [3.8, 4) is 5.75 Å². The minimum absolute atomic E-state index is 0.275. The minimum Gasteiger partial charge on any atom is -0.507 e. The fraction of sp³-hybridized carbons (Fsp3) is 0. The molecule has 0 bridgehead atoms. The smallest absolute Gasteiger partial charge is 0.294 e. The number of aromatic hydroxyl groups is 1. The molecule has 0 unspecified atom stereocenters. The number of phenols is 1. The number of carbonyl (C=O) groups is 1. The zero-order valence-electron chi connectivity index (χ0n) is 6.71. The van der Waals surface area contributed by atoms with E-state index in [0.717, 1.165) is 18.2 Å². The number of thiol groups is 1. The van der Waals surface area contributed by atoms with Crippen LogP contribution in [0.25, 0.3) is 0 Å². The van der Waals surface area contributed by atoms with Gasteiger partial charge in [0.25, 0.3) is 10.1 Å². The number of benzene rings is 1. The molecule has 0 fully saturated rings. The molecule has 1 rings (SSSR count). The van der Waals surface area contributed by atoms with E-state index in [9.17, 15) is 13.2 Å². The molecular weight excluding hydrogens is 228 g/mol. The molecule has 0 aromatic heterocycles. The van der Waals surface area contributed by atoms with Crippen molar-refractivity contribution in [2.45, 2.75) is 4.90 Å². The van der Waals surface area contributed by atoms with Gasteiger partial charge in [-0.1, -0.05) is 0 Å². The predicted molar refractivity (Wildman–Crippen MR) is 51.2 cm³/mol. The molecule has 0 aliphatic heterocycles. The van der Waals surface area contributed by atoms with E-state index in [-0.39, 0.29) is 5.56 Å². The number of phenolic OH excluding ortho intramolecular Hbond substituents is 1. The lowest BCUT2D eigenvalue weighted by Gasteiger charge is -2.01. The summed E-state index contributed by atoms with van der Waals surface area (Å²) in [6.45, 7) is 0. The van der Waals surface area contributed by atoms with Crippen molar-refractivity contribution in [1.29, 1.82) is 0 Å². The minimum atomic E-state index is -4.37. The summed E-state index contributed by atoms with van der Waals surface area (Å²) in [5.74, 6) is -0.391. The van der Waals surface area contributed by atoms with Gasteiger partial charge in [-0.05, 0) is 18.2 Å². The first-order chi connectivity index (χ1) is 6.32. The third kappa shape index (κ3) is 2.25. The summed E-state index contributed by atoms with van der Waals surface area (Å²) in [6, 6.07) is 2.82. The van der Waals surface area contributed by atoms with Crippen LogP contribution in [0.1, 0.15) is 10.4 Å². The zero-order chi connectivity index (χ0) is 10.9. The molecule has 5 nitrogen and oxygen atoms in total. The van der Waals surface area contributed by atoms with E-state index in [2.05, 4.69) is 12.6 Å². The maximum Gasteiger partial charge on any atom is 0.294 e. The quantitative estimate of drug-likeness (QED) is 0.517. The van der Waals surface area contributed by atoms with E-state index in [1.807, 2.05) is 0 Å². The van der Waals surface area contributed by atoms with Gasteiger partial charge >= 0.3 is 0 Å². The Hall–Kier alpha value is -1.05. The third-order valence-electron chi connectivity index (χ3n) is 1.50. The fourth-order valence-electron chi connectivity index (χ4n) is 0.847. The first kappa shape index (κ1) is 11.0. The molecule has 0 saturated carbocycles. The molecule has 2 N–H and O–H groups in total. The van der Waals surface area contributed by atoms with Crippen LogP contribution in [0.15, 0.2) is 23.1 Å². The van der Waals surface area contributed by atoms with Gasteiger partial charge in [-0.3, -0.25) is 9.35 Å². The highest BCUT2D eigenvalue weighted by atomic mass is 32.2. The first-order valence-electron chi connectivity index (χ1n) is 3.36. The molecule has 14 heavy (non-hydrogen) atoms. The monoisotopic (exact) mass is 234 g/mol. The summed E-state index contributed by atoms with van der Waals surface area (Å²) in [5.41, 5.74) is -0.275. The van der Waals surface area contributed by atoms with Crippen LogP contribution in [0.3, 0.4) is 0 Å². The van der Waals surface area contributed by atoms with E-state index in [1.54, 1.807) is 0 Å². The fourth-order valence-corrected chi connectivity index (χ4v) is 1.53. The van der Waals surface area contributed by atoms with Crippen molar-refractivity contribution in [2.75, 3.05) is 0 Å². The number of rotatable bonds is 2. The summed E-state index contributed by atoms with van der Waals surface area (Å²) in [7, 11) is -4.37. The van der Waals surface area contributed by atoms with Gasteiger partial charge in [-0.15, -0.1) is 12.6 Å². The Labute approximate surface area is 85.5 Å². The largest absolute Gasteiger partial charge is 0.507 e. The zero-order valence-corrected chi connectivity index (χ0v) is 8.42. The Morgan fingerprint density at radius 3 is 2.36 bits per heavy atom. The van der Waals surface area contributed by atoms with Crippen LogP contribution in [-0.4, -0.2) is 23.2 Å². The maximum atomic E-state index is 10.8. The van der Waals surface area contributed by atoms with Gasteiger partial charge in [0.1, 0.15) is 5.75 Å². The summed E-state index contributed by atoms with van der Waals surface area (Å²) >= 11 is 3.42. The van der Waals surface area contributed by atoms with Crippen molar-refractivity contribution in [1.82, 2.24) is 0 Å². The van der Waals surface area contributed by atoms with Crippen LogP contribution in [0.5, 0.6) is 5.75 Å². The van der Waals surface area contributed by atoms with Gasteiger partial charge in [0.05, 0.1) is 10.5 Å². The molecule has 0 aliphatic carbocycles. The second-order valence-corrected chi connectivity index (χ2v) is 4.29. The topological polar surface area (TPSA) is 91.7 Å². The first-order valence-corrected chi connectivity index (χ1v) is 5.25. The molecule has 0 aliphatic rings. The van der Waals surface area contributed by atoms with E-state index in [1.165, 1.54) is 0 Å². The lowest BCUT2D eigenvalue weighted by atomic mass is 10.2. The maximum absolute atomic E-state index is 10.8. The van der Waals surface area contributed by atoms with E-state index in [0.29, 0.717) is 0 Å². The van der Waals surface area contributed by atoms with Crippen LogP contribution >= 0.6 is 12.6 Å². The average Bonchev–Trinajstić information content (AvgIpc) is 2.02. The molecule has 0 spiro atoms. The van der Waals surface area contributed by atoms with Gasteiger partial charge in [-0.2, -0.15) is 8.42 Å². The van der Waals surface area contributed by atoms with Crippen LogP contribution in [-0.2, 0) is 10.1 Å². The van der Waals surface area contributed by atoms with Crippen molar-refractivity contribution in [3.05, 3.63) is 23.8 Å². The molecular formula is C7H6O5S2. The molecule has 0 saturated heterocycles. The summed E-state index contributed by atoms with van der Waals surface area (Å²) in [6.07, 6.45) is 0. The predicted octanol–water partition coefficient (Wildman–Crippen LogP) is 0.709. The second-order valence-electron chi connectivity index (χ2n) is 2.46. The number of carbonyl (C=O) groups excluding carboxylic acids is 1. The molecule has 0 radical (unpaired) electrons. The van der Waals surface area contributed by atoms with Gasteiger partial charge in [-0.25, -0.2) is 0 Å². The standard InChI is InChI=1S/C7H6O5S2/c8-6-2-1-4(14(10,11)12)3-5(6)7(9)13/h1-3,8H,(H,9,13)(H,10,11,12). The molecule has 7 heteroatoms. The second kappa shape index (κ2) is 3.60. The Morgan fingerprint density at radius 1 is 1.36 bits per heavy atom. The van der Waals surface area contributed by atoms with Crippen LogP contribution in [0, 0.1) is 0 Å². The molecule has 76 valence electrons. The van der Waals surface area contributed by atoms with Gasteiger partial charge in [0.15, 0.2) is 0 Å². The lowest BCUT2D eigenvalue weighted by Crippen LogP contribution is -2.00. The van der Waals surface area contributed by atoms with E-state index in [4.69, 9.17) is 9.66 Å². The molecule has 0 atom stereocenters. The van der Waals surface area contributed by atoms with E-state index >= 15 is 0 Å². The average molecular weight is 234 g/mol. The van der Waals surface area contributed by atoms with Crippen molar-refractivity contribution in [2.24, 2.45) is 0 Å². The van der Waals surface area contributed by atoms with Crippen LogP contribution < -0.4 is 0 Å². The normalized spacial score (nSPS) is 11.3. The Balaban J connectivity index is 3.42. The molecule has 1 aromatic rings. The lowest BCUT2D eigenvalue weighted by molar-refractivity contribution is 0.108. The highest BCUT2D eigenvalue weighted by Gasteiger charge is 2.14. The SMILES string of the molecule is O=C(S)c1cc(S(=O)(=O)O)ccc1O. The summed E-state index contributed by atoms with van der Waals surface area (Å²) < 4.78 is 30.0. The summed E-state index contributed by atoms with van der Waals surface area (Å²) in [4.78, 5) is 10.3. The molecule has 1 aromatic carbocycles. The van der Waals surface area contributed by atoms with Gasteiger partial charge in [0, 0.05) is 0 Å². The van der Waals surface area contributed by atoms with Crippen LogP contribution in [0.4, 0.5) is 0 Å².